The Bertz CT molecular complexity index is 317. The number of hydrogen-bond donors (Lipinski definition) is 0. The monoisotopic (exact) mass is 307 g/mol. The Morgan fingerprint density at radius 1 is 0.765 bits per heavy atom. The number of rotatable bonds is 0. The van der Waals surface area contributed by atoms with Gasteiger partial charge in [-0.05, 0) is 0 Å². The molecule has 17 heavy (non-hydrogen) atoms. The normalized spacial score (nSPS) is 7.76. The van der Waals surface area contributed by atoms with Gasteiger partial charge in [-0.2, -0.15) is 34.4 Å². The van der Waals surface area contributed by atoms with Crippen molar-refractivity contribution in [3.05, 3.63) is 58.7 Å². The van der Waals surface area contributed by atoms with E-state index in [1.54, 1.807) is 0 Å². The van der Waals surface area contributed by atoms with Gasteiger partial charge in [0.25, 0.3) is 0 Å². The van der Waals surface area contributed by atoms with Crippen molar-refractivity contribution in [3.8, 4) is 0 Å². The van der Waals surface area contributed by atoms with E-state index in [4.69, 9.17) is 0 Å². The van der Waals surface area contributed by atoms with E-state index in [0.29, 0.717) is 0 Å². The average Bonchev–Trinajstić information content (AvgIpc) is 2.67. The smallest absolute Gasteiger partial charge is 1.00 e. The van der Waals surface area contributed by atoms with Gasteiger partial charge in [-0.1, -0.05) is 27.7 Å². The predicted molar refractivity (Wildman–Crippen MR) is 63.0 cm³/mol. The summed E-state index contributed by atoms with van der Waals surface area (Å²) in [5.74, 6) is 0. The number of hydrogen-bond acceptors (Lipinski definition) is 0. The fraction of sp³-hybridized carbons (Fsp3) is 0.286. The summed E-state index contributed by atoms with van der Waals surface area (Å²) in [7, 11) is 0. The van der Waals surface area contributed by atoms with E-state index in [-0.39, 0.29) is 43.4 Å². The van der Waals surface area contributed by atoms with Gasteiger partial charge in [0.15, 0.2) is 0 Å². The van der Waals surface area contributed by atoms with Crippen LogP contribution in [0, 0.1) is 27.7 Å². The van der Waals surface area contributed by atoms with Crippen LogP contribution >= 0.6 is 0 Å². The molecule has 2 aromatic carbocycles. The summed E-state index contributed by atoms with van der Waals surface area (Å²) in [4.78, 5) is 0. The molecular formula is C14H18Cl2V. The first-order chi connectivity index (χ1) is 6.61. The van der Waals surface area contributed by atoms with Crippen molar-refractivity contribution in [3.63, 3.8) is 0 Å². The summed E-state index contributed by atoms with van der Waals surface area (Å²) in [6.07, 6.45) is 0. The molecule has 0 aliphatic carbocycles. The maximum atomic E-state index is 2.12. The fourth-order valence-corrected chi connectivity index (χ4v) is 1.20. The predicted octanol–water partition coefficient (Wildman–Crippen LogP) is -1.95. The first-order valence-electron chi connectivity index (χ1n) is 4.99. The Morgan fingerprint density at radius 2 is 1.06 bits per heavy atom. The maximum absolute atomic E-state index is 2.12. The number of aryl methyl sites for hydroxylation is 4. The molecule has 0 aliphatic heterocycles. The Morgan fingerprint density at radius 3 is 1.12 bits per heavy atom. The van der Waals surface area contributed by atoms with Crippen LogP contribution in [0.4, 0.5) is 0 Å². The van der Waals surface area contributed by atoms with Crippen LogP contribution in [0.2, 0.25) is 0 Å². The fourth-order valence-electron chi connectivity index (χ4n) is 1.20. The summed E-state index contributed by atoms with van der Waals surface area (Å²) in [6.45, 7) is 8.48. The third kappa shape index (κ3) is 7.73. The van der Waals surface area contributed by atoms with E-state index in [1.165, 1.54) is 22.3 Å². The van der Waals surface area contributed by atoms with Crippen molar-refractivity contribution in [1.29, 1.82) is 0 Å². The summed E-state index contributed by atoms with van der Waals surface area (Å²) < 4.78 is 0. The van der Waals surface area contributed by atoms with Crippen LogP contribution in [0.3, 0.4) is 0 Å². The zero-order valence-corrected chi connectivity index (χ0v) is 13.6. The van der Waals surface area contributed by atoms with Gasteiger partial charge in [-0.3, -0.25) is 0 Å². The molecule has 0 aliphatic rings. The van der Waals surface area contributed by atoms with Crippen molar-refractivity contribution in [2.24, 2.45) is 0 Å². The van der Waals surface area contributed by atoms with Crippen LogP contribution in [0.5, 0.6) is 0 Å². The van der Waals surface area contributed by atoms with Gasteiger partial charge in [0.05, 0.1) is 0 Å². The molecule has 0 saturated carbocycles. The molecule has 0 fully saturated rings. The van der Waals surface area contributed by atoms with Gasteiger partial charge >= 0.3 is 18.6 Å². The van der Waals surface area contributed by atoms with Crippen molar-refractivity contribution in [2.75, 3.05) is 0 Å². The van der Waals surface area contributed by atoms with E-state index < -0.39 is 0 Å². The molecule has 0 bridgehead atoms. The zero-order chi connectivity index (χ0) is 10.6. The molecule has 0 spiro atoms. The van der Waals surface area contributed by atoms with E-state index in [1.807, 2.05) is 0 Å². The average molecular weight is 308 g/mol. The van der Waals surface area contributed by atoms with Crippen molar-refractivity contribution < 1.29 is 43.4 Å². The molecule has 0 nitrogen and oxygen atoms in total. The summed E-state index contributed by atoms with van der Waals surface area (Å²) in [5.41, 5.74) is 5.56. The van der Waals surface area contributed by atoms with E-state index >= 15 is 0 Å². The maximum Gasteiger partial charge on any atom is 4.00 e. The largest absolute Gasteiger partial charge is 4.00 e. The van der Waals surface area contributed by atoms with Gasteiger partial charge in [-0.15, -0.1) is 0 Å². The second-order valence-electron chi connectivity index (χ2n) is 3.78. The van der Waals surface area contributed by atoms with Crippen molar-refractivity contribution in [1.82, 2.24) is 0 Å². The summed E-state index contributed by atoms with van der Waals surface area (Å²) in [5, 5.41) is 0. The van der Waals surface area contributed by atoms with Gasteiger partial charge in [0.1, 0.15) is 0 Å². The molecule has 2 aromatic rings. The van der Waals surface area contributed by atoms with Gasteiger partial charge in [0, 0.05) is 0 Å². The van der Waals surface area contributed by atoms with Gasteiger partial charge in [0.2, 0.25) is 0 Å². The molecule has 93 valence electrons. The van der Waals surface area contributed by atoms with Crippen LogP contribution in [-0.4, -0.2) is 0 Å². The minimum absolute atomic E-state index is 0. The molecule has 0 amide bonds. The van der Waals surface area contributed by atoms with E-state index in [9.17, 15) is 0 Å². The Kier molecular flexibility index (Phi) is 14.3. The zero-order valence-electron chi connectivity index (χ0n) is 10.7. The second kappa shape index (κ2) is 11.0. The number of halogens is 2. The van der Waals surface area contributed by atoms with Crippen LogP contribution in [-0.2, 0) is 18.6 Å². The van der Waals surface area contributed by atoms with Crippen LogP contribution in [0.1, 0.15) is 22.3 Å². The standard InChI is InChI=1S/2C7H9.2ClH.V/c2*1-6-4-3-5-7(6)2;;;/h2*3-5H,1-2H3;2*1H;/q2*-1;;;+4/p-2. The molecule has 0 heterocycles. The summed E-state index contributed by atoms with van der Waals surface area (Å²) in [6, 6.07) is 12.6. The van der Waals surface area contributed by atoms with Crippen LogP contribution in [0.15, 0.2) is 36.4 Å². The Labute approximate surface area is 129 Å². The molecule has 0 aromatic heterocycles. The Hall–Kier alpha value is -0.136. The summed E-state index contributed by atoms with van der Waals surface area (Å²) >= 11 is 0. The minimum Gasteiger partial charge on any atom is -1.00 e. The molecule has 0 N–H and O–H groups in total. The Balaban J connectivity index is -0.000000196. The SMILES string of the molecule is Cc1ccc[c-]1C.Cc1ccc[c-]1C.[Cl-].[Cl-].[V+4]. The third-order valence-electron chi connectivity index (χ3n) is 2.63. The quantitative estimate of drug-likeness (QED) is 0.497. The van der Waals surface area contributed by atoms with Crippen LogP contribution in [0.25, 0.3) is 0 Å². The molecule has 0 unspecified atom stereocenters. The van der Waals surface area contributed by atoms with Crippen molar-refractivity contribution in [2.45, 2.75) is 27.7 Å². The van der Waals surface area contributed by atoms with Crippen LogP contribution < -0.4 is 24.8 Å². The van der Waals surface area contributed by atoms with Gasteiger partial charge < -0.3 is 24.8 Å². The molecular weight excluding hydrogens is 290 g/mol. The van der Waals surface area contributed by atoms with Crippen molar-refractivity contribution >= 4 is 0 Å². The first kappa shape index (κ1) is 22.1. The third-order valence-corrected chi connectivity index (χ3v) is 2.63. The van der Waals surface area contributed by atoms with E-state index in [2.05, 4.69) is 64.1 Å². The molecule has 2 rings (SSSR count). The molecule has 1 radical (unpaired) electrons. The van der Waals surface area contributed by atoms with Gasteiger partial charge in [-0.25, -0.2) is 24.3 Å². The minimum atomic E-state index is 0. The second-order valence-corrected chi connectivity index (χ2v) is 3.78. The molecule has 0 atom stereocenters. The van der Waals surface area contributed by atoms with E-state index in [0.717, 1.165) is 0 Å². The molecule has 0 saturated heterocycles. The topological polar surface area (TPSA) is 0 Å². The molecule has 3 heteroatoms. The first-order valence-corrected chi connectivity index (χ1v) is 4.99.